The van der Waals surface area contributed by atoms with E-state index in [9.17, 15) is 18.0 Å². The minimum Gasteiger partial charge on any atom is -0.351 e. The molecule has 27 heavy (non-hydrogen) atoms. The summed E-state index contributed by atoms with van der Waals surface area (Å²) in [4.78, 5) is 27.2. The van der Waals surface area contributed by atoms with Gasteiger partial charge in [-0.15, -0.1) is 0 Å². The molecule has 1 aromatic carbocycles. The molecular weight excluding hydrogens is 368 g/mol. The topological polar surface area (TPSA) is 113 Å². The van der Waals surface area contributed by atoms with Gasteiger partial charge in [-0.2, -0.15) is 0 Å². The lowest BCUT2D eigenvalue weighted by molar-refractivity contribution is 0.203. The third-order valence-electron chi connectivity index (χ3n) is 5.25. The molecule has 3 N–H and O–H groups in total. The van der Waals surface area contributed by atoms with Gasteiger partial charge in [0.25, 0.3) is 0 Å². The third-order valence-corrected chi connectivity index (χ3v) is 7.51. The van der Waals surface area contributed by atoms with E-state index in [1.165, 1.54) is 11.0 Å². The number of anilines is 1. The Balaban J connectivity index is 1.67. The summed E-state index contributed by atoms with van der Waals surface area (Å²) in [5, 5.41) is 2.45. The largest absolute Gasteiger partial charge is 0.351 e. The first-order valence-electron chi connectivity index (χ1n) is 9.32. The van der Waals surface area contributed by atoms with Crippen molar-refractivity contribution < 1.29 is 18.0 Å². The Kier molecular flexibility index (Phi) is 5.88. The Bertz CT molecular complexity index is 805. The van der Waals surface area contributed by atoms with Crippen molar-refractivity contribution in [2.75, 3.05) is 31.5 Å². The molecule has 8 nitrogen and oxygen atoms in total. The molecule has 4 amide bonds. The van der Waals surface area contributed by atoms with E-state index in [-0.39, 0.29) is 16.2 Å². The standard InChI is InChI=1S/C18H26N4O4S/c19-17(23)21-9-4-10-22(12-11-21)18(24)20-14-5-3-8-16(13-14)27(25,26)15-6-1-2-7-15/h3,5,8,13,15H,1-2,4,6-7,9-12H2,(H2,19,23)(H,20,24). The number of nitrogens with one attached hydrogen (secondary N) is 1. The lowest BCUT2D eigenvalue weighted by Gasteiger charge is -2.21. The second kappa shape index (κ2) is 8.16. The van der Waals surface area contributed by atoms with Crippen LogP contribution >= 0.6 is 0 Å². The first-order chi connectivity index (χ1) is 12.9. The van der Waals surface area contributed by atoms with Gasteiger partial charge in [0.15, 0.2) is 9.84 Å². The Labute approximate surface area is 159 Å². The van der Waals surface area contributed by atoms with Crippen LogP contribution in [-0.4, -0.2) is 61.7 Å². The van der Waals surface area contributed by atoms with E-state index < -0.39 is 15.9 Å². The highest BCUT2D eigenvalue weighted by molar-refractivity contribution is 7.92. The SMILES string of the molecule is NC(=O)N1CCCN(C(=O)Nc2cccc(S(=O)(=O)C3CCCC3)c2)CC1. The molecule has 0 radical (unpaired) electrons. The predicted octanol–water partition coefficient (Wildman–Crippen LogP) is 2.02. The van der Waals surface area contributed by atoms with Gasteiger partial charge in [-0.05, 0) is 37.5 Å². The summed E-state index contributed by atoms with van der Waals surface area (Å²) >= 11 is 0. The average Bonchev–Trinajstić information content (AvgIpc) is 3.07. The van der Waals surface area contributed by atoms with Crippen LogP contribution in [0, 0.1) is 0 Å². The number of carbonyl (C=O) groups excluding carboxylic acids is 2. The molecule has 0 bridgehead atoms. The maximum Gasteiger partial charge on any atom is 0.321 e. The van der Waals surface area contributed by atoms with Gasteiger partial charge < -0.3 is 20.9 Å². The molecule has 0 atom stereocenters. The molecule has 0 spiro atoms. The molecule has 1 aromatic rings. The van der Waals surface area contributed by atoms with E-state index in [2.05, 4.69) is 5.32 Å². The fourth-order valence-electron chi connectivity index (χ4n) is 3.69. The van der Waals surface area contributed by atoms with Crippen molar-refractivity contribution >= 4 is 27.6 Å². The molecule has 1 aliphatic carbocycles. The van der Waals surface area contributed by atoms with Gasteiger partial charge in [0, 0.05) is 31.9 Å². The number of primary amides is 1. The molecule has 1 saturated heterocycles. The van der Waals surface area contributed by atoms with Gasteiger partial charge in [-0.3, -0.25) is 0 Å². The smallest absolute Gasteiger partial charge is 0.321 e. The number of rotatable bonds is 3. The number of benzene rings is 1. The molecule has 2 aliphatic rings. The third kappa shape index (κ3) is 4.52. The van der Waals surface area contributed by atoms with Gasteiger partial charge >= 0.3 is 12.1 Å². The van der Waals surface area contributed by atoms with Crippen LogP contribution in [0.4, 0.5) is 15.3 Å². The van der Waals surface area contributed by atoms with Crippen LogP contribution in [0.5, 0.6) is 0 Å². The van der Waals surface area contributed by atoms with Crippen LogP contribution in [0.2, 0.25) is 0 Å². The summed E-state index contributed by atoms with van der Waals surface area (Å²) in [7, 11) is -3.37. The second-order valence-corrected chi connectivity index (χ2v) is 9.30. The maximum atomic E-state index is 12.7. The predicted molar refractivity (Wildman–Crippen MR) is 102 cm³/mol. The highest BCUT2D eigenvalue weighted by Crippen LogP contribution is 2.30. The summed E-state index contributed by atoms with van der Waals surface area (Å²) in [5.41, 5.74) is 5.76. The molecule has 0 aromatic heterocycles. The number of hydrogen-bond acceptors (Lipinski definition) is 4. The summed E-state index contributed by atoms with van der Waals surface area (Å²) in [6.07, 6.45) is 3.92. The zero-order chi connectivity index (χ0) is 19.4. The van der Waals surface area contributed by atoms with E-state index in [0.717, 1.165) is 12.8 Å². The second-order valence-electron chi connectivity index (χ2n) is 7.08. The molecular formula is C18H26N4O4S. The number of amides is 4. The summed E-state index contributed by atoms with van der Waals surface area (Å²) in [5.74, 6) is 0. The number of carbonyl (C=O) groups is 2. The van der Waals surface area contributed by atoms with Gasteiger partial charge in [-0.1, -0.05) is 18.9 Å². The zero-order valence-corrected chi connectivity index (χ0v) is 16.1. The van der Waals surface area contributed by atoms with E-state index in [0.29, 0.717) is 51.1 Å². The van der Waals surface area contributed by atoms with Gasteiger partial charge in [0.05, 0.1) is 10.1 Å². The zero-order valence-electron chi connectivity index (χ0n) is 15.3. The monoisotopic (exact) mass is 394 g/mol. The van der Waals surface area contributed by atoms with Crippen molar-refractivity contribution in [1.29, 1.82) is 0 Å². The number of nitrogens with zero attached hydrogens (tertiary/aromatic N) is 2. The average molecular weight is 394 g/mol. The number of sulfone groups is 1. The lowest BCUT2D eigenvalue weighted by atomic mass is 10.3. The molecule has 1 saturated carbocycles. The Hall–Kier alpha value is -2.29. The molecule has 0 unspecified atom stereocenters. The molecule has 1 heterocycles. The summed E-state index contributed by atoms with van der Waals surface area (Å²) < 4.78 is 25.5. The highest BCUT2D eigenvalue weighted by Gasteiger charge is 2.30. The van der Waals surface area contributed by atoms with Crippen molar-refractivity contribution in [3.8, 4) is 0 Å². The van der Waals surface area contributed by atoms with E-state index >= 15 is 0 Å². The maximum absolute atomic E-state index is 12.7. The summed E-state index contributed by atoms with van der Waals surface area (Å²) in [6, 6.07) is 5.64. The molecule has 1 aliphatic heterocycles. The normalized spacial score (nSPS) is 19.0. The molecule has 148 valence electrons. The van der Waals surface area contributed by atoms with Gasteiger partial charge in [-0.25, -0.2) is 18.0 Å². The fraction of sp³-hybridized carbons (Fsp3) is 0.556. The number of hydrogen-bond donors (Lipinski definition) is 2. The van der Waals surface area contributed by atoms with Crippen molar-refractivity contribution in [2.24, 2.45) is 5.73 Å². The van der Waals surface area contributed by atoms with Crippen molar-refractivity contribution in [1.82, 2.24) is 9.80 Å². The first kappa shape index (κ1) is 19.5. The van der Waals surface area contributed by atoms with E-state index in [1.54, 1.807) is 23.1 Å². The van der Waals surface area contributed by atoms with Crippen LogP contribution in [0.3, 0.4) is 0 Å². The van der Waals surface area contributed by atoms with Crippen LogP contribution < -0.4 is 11.1 Å². The molecule has 2 fully saturated rings. The lowest BCUT2D eigenvalue weighted by Crippen LogP contribution is -2.41. The van der Waals surface area contributed by atoms with Crippen molar-refractivity contribution in [2.45, 2.75) is 42.2 Å². The van der Waals surface area contributed by atoms with Gasteiger partial charge in [0.1, 0.15) is 0 Å². The van der Waals surface area contributed by atoms with Crippen LogP contribution in [-0.2, 0) is 9.84 Å². The fourth-order valence-corrected chi connectivity index (χ4v) is 5.58. The van der Waals surface area contributed by atoms with Crippen molar-refractivity contribution in [3.63, 3.8) is 0 Å². The Morgan fingerprint density at radius 3 is 2.37 bits per heavy atom. The molecule has 3 rings (SSSR count). The van der Waals surface area contributed by atoms with E-state index in [1.807, 2.05) is 0 Å². The minimum atomic E-state index is -3.37. The number of urea groups is 2. The highest BCUT2D eigenvalue weighted by atomic mass is 32.2. The first-order valence-corrected chi connectivity index (χ1v) is 10.9. The van der Waals surface area contributed by atoms with Crippen LogP contribution in [0.1, 0.15) is 32.1 Å². The number of nitrogens with two attached hydrogens (primary N) is 1. The summed E-state index contributed by atoms with van der Waals surface area (Å²) in [6.45, 7) is 1.80. The quantitative estimate of drug-likeness (QED) is 0.816. The molecule has 9 heteroatoms. The van der Waals surface area contributed by atoms with Crippen LogP contribution in [0.15, 0.2) is 29.2 Å². The van der Waals surface area contributed by atoms with Gasteiger partial charge in [0.2, 0.25) is 0 Å². The minimum absolute atomic E-state index is 0.253. The van der Waals surface area contributed by atoms with E-state index in [4.69, 9.17) is 5.73 Å². The van der Waals surface area contributed by atoms with Crippen molar-refractivity contribution in [3.05, 3.63) is 24.3 Å². The van der Waals surface area contributed by atoms with Crippen LogP contribution in [0.25, 0.3) is 0 Å². The Morgan fingerprint density at radius 1 is 1.00 bits per heavy atom. The Morgan fingerprint density at radius 2 is 1.67 bits per heavy atom.